The lowest BCUT2D eigenvalue weighted by Crippen LogP contribution is -2.49. The van der Waals surface area contributed by atoms with Crippen molar-refractivity contribution in [2.45, 2.75) is 18.6 Å². The molecule has 1 saturated heterocycles. The van der Waals surface area contributed by atoms with Crippen molar-refractivity contribution in [3.05, 3.63) is 0 Å². The number of morpholine rings is 1. The fourth-order valence-corrected chi connectivity index (χ4v) is 1.16. The van der Waals surface area contributed by atoms with Crippen LogP contribution in [0.1, 0.15) is 6.42 Å². The van der Waals surface area contributed by atoms with E-state index < -0.39 is 0 Å². The van der Waals surface area contributed by atoms with Crippen LogP contribution in [0, 0.1) is 0 Å². The molecule has 2 atom stereocenters. The van der Waals surface area contributed by atoms with Gasteiger partial charge in [0.1, 0.15) is 0 Å². The Bertz CT molecular complexity index is 155. The summed E-state index contributed by atoms with van der Waals surface area (Å²) in [6.07, 6.45) is 0.146. The maximum absolute atomic E-state index is 10.5. The topological polar surface area (TPSA) is 84.6 Å². The van der Waals surface area contributed by atoms with E-state index in [0.717, 1.165) is 0 Å². The van der Waals surface area contributed by atoms with Crippen LogP contribution in [0.3, 0.4) is 0 Å². The van der Waals surface area contributed by atoms with Crippen molar-refractivity contribution in [1.82, 2.24) is 5.32 Å². The SMILES string of the molecule is NC(=O)CC1COC(CO)CN1. The highest BCUT2D eigenvalue weighted by atomic mass is 16.5. The molecule has 0 radical (unpaired) electrons. The number of amides is 1. The van der Waals surface area contributed by atoms with Gasteiger partial charge in [0, 0.05) is 19.0 Å². The Balaban J connectivity index is 2.21. The number of ether oxygens (including phenoxy) is 1. The van der Waals surface area contributed by atoms with Crippen molar-refractivity contribution < 1.29 is 14.6 Å². The molecule has 1 fully saturated rings. The monoisotopic (exact) mass is 174 g/mol. The van der Waals surface area contributed by atoms with Gasteiger partial charge in [0.2, 0.25) is 5.91 Å². The highest BCUT2D eigenvalue weighted by Gasteiger charge is 2.21. The number of hydrogen-bond acceptors (Lipinski definition) is 4. The summed E-state index contributed by atoms with van der Waals surface area (Å²) in [5, 5.41) is 11.8. The number of rotatable bonds is 3. The highest BCUT2D eigenvalue weighted by Crippen LogP contribution is 2.02. The molecule has 5 heteroatoms. The molecular formula is C7H14N2O3. The van der Waals surface area contributed by atoms with Gasteiger partial charge in [0.05, 0.1) is 19.3 Å². The zero-order valence-electron chi connectivity index (χ0n) is 6.82. The summed E-state index contributed by atoms with van der Waals surface area (Å²) in [6.45, 7) is 1.03. The van der Waals surface area contributed by atoms with Gasteiger partial charge < -0.3 is 20.9 Å². The largest absolute Gasteiger partial charge is 0.394 e. The van der Waals surface area contributed by atoms with E-state index in [2.05, 4.69) is 5.32 Å². The van der Waals surface area contributed by atoms with E-state index in [4.69, 9.17) is 15.6 Å². The number of aliphatic hydroxyl groups excluding tert-OH is 1. The fraction of sp³-hybridized carbons (Fsp3) is 0.857. The van der Waals surface area contributed by atoms with Gasteiger partial charge >= 0.3 is 0 Å². The molecule has 1 rings (SSSR count). The predicted octanol–water partition coefficient (Wildman–Crippen LogP) is -1.79. The molecule has 1 aliphatic rings. The average Bonchev–Trinajstić information content (AvgIpc) is 2.05. The predicted molar refractivity (Wildman–Crippen MR) is 42.4 cm³/mol. The van der Waals surface area contributed by atoms with Crippen molar-refractivity contribution in [3.8, 4) is 0 Å². The summed E-state index contributed by atoms with van der Waals surface area (Å²) in [6, 6.07) is 0.00491. The normalized spacial score (nSPS) is 30.1. The lowest BCUT2D eigenvalue weighted by Gasteiger charge is -2.28. The van der Waals surface area contributed by atoms with Gasteiger partial charge in [-0.3, -0.25) is 4.79 Å². The third-order valence-electron chi connectivity index (χ3n) is 1.82. The van der Waals surface area contributed by atoms with Crippen LogP contribution in [0.4, 0.5) is 0 Å². The first-order valence-electron chi connectivity index (χ1n) is 3.96. The van der Waals surface area contributed by atoms with Crippen LogP contribution in [0.2, 0.25) is 0 Å². The molecule has 5 nitrogen and oxygen atoms in total. The van der Waals surface area contributed by atoms with Crippen LogP contribution < -0.4 is 11.1 Å². The number of hydrogen-bond donors (Lipinski definition) is 3. The zero-order valence-corrected chi connectivity index (χ0v) is 6.82. The first kappa shape index (κ1) is 9.44. The molecular weight excluding hydrogens is 160 g/mol. The van der Waals surface area contributed by atoms with Gasteiger partial charge in [-0.05, 0) is 0 Å². The summed E-state index contributed by atoms with van der Waals surface area (Å²) in [4.78, 5) is 10.5. The summed E-state index contributed by atoms with van der Waals surface area (Å²) >= 11 is 0. The Kier molecular flexibility index (Phi) is 3.46. The van der Waals surface area contributed by atoms with Crippen LogP contribution >= 0.6 is 0 Å². The lowest BCUT2D eigenvalue weighted by molar-refractivity contribution is -0.119. The van der Waals surface area contributed by atoms with E-state index in [9.17, 15) is 4.79 Å². The molecule has 0 aromatic heterocycles. The summed E-state index contributed by atoms with van der Waals surface area (Å²) in [7, 11) is 0. The van der Waals surface area contributed by atoms with Gasteiger partial charge in [-0.15, -0.1) is 0 Å². The zero-order chi connectivity index (χ0) is 8.97. The van der Waals surface area contributed by atoms with Gasteiger partial charge in [-0.1, -0.05) is 0 Å². The molecule has 70 valence electrons. The quantitative estimate of drug-likeness (QED) is 0.472. The number of nitrogens with one attached hydrogen (secondary N) is 1. The highest BCUT2D eigenvalue weighted by molar-refractivity contribution is 5.74. The third-order valence-corrected chi connectivity index (χ3v) is 1.82. The second-order valence-corrected chi connectivity index (χ2v) is 2.91. The van der Waals surface area contributed by atoms with Crippen LogP contribution in [0.25, 0.3) is 0 Å². The van der Waals surface area contributed by atoms with Crippen molar-refractivity contribution >= 4 is 5.91 Å². The van der Waals surface area contributed by atoms with Crippen LogP contribution in [-0.4, -0.2) is 42.9 Å². The number of aliphatic hydroxyl groups is 1. The van der Waals surface area contributed by atoms with Gasteiger partial charge in [0.25, 0.3) is 0 Å². The molecule has 12 heavy (non-hydrogen) atoms. The summed E-state index contributed by atoms with van der Waals surface area (Å²) in [5.41, 5.74) is 5.01. The first-order valence-corrected chi connectivity index (χ1v) is 3.96. The molecule has 1 heterocycles. The van der Waals surface area contributed by atoms with E-state index in [1.165, 1.54) is 0 Å². The molecule has 4 N–H and O–H groups in total. The molecule has 0 spiro atoms. The molecule has 2 unspecified atom stereocenters. The molecule has 0 aliphatic carbocycles. The molecule has 0 aromatic rings. The molecule has 1 amide bonds. The lowest BCUT2D eigenvalue weighted by atomic mass is 10.1. The van der Waals surface area contributed by atoms with Gasteiger partial charge in [0.15, 0.2) is 0 Å². The van der Waals surface area contributed by atoms with E-state index in [0.29, 0.717) is 13.2 Å². The Morgan fingerprint density at radius 2 is 2.50 bits per heavy atom. The second-order valence-electron chi connectivity index (χ2n) is 2.91. The molecule has 0 bridgehead atoms. The third kappa shape index (κ3) is 2.77. The second kappa shape index (κ2) is 4.39. The maximum Gasteiger partial charge on any atom is 0.219 e. The Hall–Kier alpha value is -0.650. The van der Waals surface area contributed by atoms with E-state index in [1.54, 1.807) is 0 Å². The van der Waals surface area contributed by atoms with Crippen molar-refractivity contribution in [2.24, 2.45) is 5.73 Å². The van der Waals surface area contributed by atoms with Crippen LogP contribution in [0.5, 0.6) is 0 Å². The number of primary amides is 1. The Morgan fingerprint density at radius 1 is 1.75 bits per heavy atom. The summed E-state index contributed by atoms with van der Waals surface area (Å²) < 4.78 is 5.22. The summed E-state index contributed by atoms with van der Waals surface area (Å²) in [5.74, 6) is -0.335. The van der Waals surface area contributed by atoms with Gasteiger partial charge in [-0.25, -0.2) is 0 Å². The van der Waals surface area contributed by atoms with E-state index >= 15 is 0 Å². The van der Waals surface area contributed by atoms with E-state index in [1.807, 2.05) is 0 Å². The maximum atomic E-state index is 10.5. The van der Waals surface area contributed by atoms with Crippen LogP contribution in [-0.2, 0) is 9.53 Å². The van der Waals surface area contributed by atoms with Gasteiger partial charge in [-0.2, -0.15) is 0 Å². The standard InChI is InChI=1S/C7H14N2O3/c8-7(11)1-5-4-12-6(3-10)2-9-5/h5-6,9-10H,1-4H2,(H2,8,11). The van der Waals surface area contributed by atoms with Crippen molar-refractivity contribution in [3.63, 3.8) is 0 Å². The molecule has 0 aromatic carbocycles. The minimum Gasteiger partial charge on any atom is -0.394 e. The first-order chi connectivity index (χ1) is 5.72. The Morgan fingerprint density at radius 3 is 2.92 bits per heavy atom. The molecule has 1 aliphatic heterocycles. The smallest absolute Gasteiger partial charge is 0.219 e. The number of carbonyl (C=O) groups excluding carboxylic acids is 1. The number of nitrogens with two attached hydrogens (primary N) is 1. The molecule has 0 saturated carbocycles. The minimum absolute atomic E-state index is 0.00491. The fourth-order valence-electron chi connectivity index (χ4n) is 1.16. The van der Waals surface area contributed by atoms with Crippen molar-refractivity contribution in [1.29, 1.82) is 0 Å². The van der Waals surface area contributed by atoms with E-state index in [-0.39, 0.29) is 31.1 Å². The van der Waals surface area contributed by atoms with Crippen molar-refractivity contribution in [2.75, 3.05) is 19.8 Å². The average molecular weight is 174 g/mol. The van der Waals surface area contributed by atoms with Crippen LogP contribution in [0.15, 0.2) is 0 Å². The Labute approximate surface area is 70.9 Å². The minimum atomic E-state index is -0.335. The number of carbonyl (C=O) groups is 1.